The number of nitrogens with one attached hydrogen (secondary N) is 1. The predicted molar refractivity (Wildman–Crippen MR) is 141 cm³/mol. The number of H-pyrrole nitrogens is 1. The summed E-state index contributed by atoms with van der Waals surface area (Å²) in [5.74, 6) is 0.745. The number of aryl methyl sites for hydroxylation is 1. The van der Waals surface area contributed by atoms with Crippen LogP contribution in [0.3, 0.4) is 0 Å². The Morgan fingerprint density at radius 1 is 1.11 bits per heavy atom. The average molecular weight is 480 g/mol. The zero-order valence-electron chi connectivity index (χ0n) is 20.1. The maximum Gasteiger partial charge on any atom is 0.322 e. The van der Waals surface area contributed by atoms with Crippen LogP contribution >= 0.6 is 0 Å². The van der Waals surface area contributed by atoms with Crippen LogP contribution in [0.1, 0.15) is 37.7 Å². The van der Waals surface area contributed by atoms with Gasteiger partial charge in [-0.3, -0.25) is 0 Å². The van der Waals surface area contributed by atoms with Crippen molar-refractivity contribution in [1.29, 1.82) is 0 Å². The van der Waals surface area contributed by atoms with Crippen LogP contribution in [0.25, 0.3) is 33.2 Å². The van der Waals surface area contributed by atoms with Gasteiger partial charge in [-0.2, -0.15) is 0 Å². The van der Waals surface area contributed by atoms with Gasteiger partial charge in [0.2, 0.25) is 5.65 Å². The Morgan fingerprint density at radius 2 is 1.97 bits per heavy atom. The summed E-state index contributed by atoms with van der Waals surface area (Å²) in [7, 11) is 1.63. The molecule has 0 amide bonds. The number of para-hydroxylation sites is 2. The fourth-order valence-electron chi connectivity index (χ4n) is 4.83. The highest BCUT2D eigenvalue weighted by Gasteiger charge is 2.24. The first-order valence-corrected chi connectivity index (χ1v) is 12.3. The Labute approximate surface area is 207 Å². The lowest BCUT2D eigenvalue weighted by atomic mass is 9.97. The molecule has 0 atom stereocenters. The number of methoxy groups -OCH3 is 1. The van der Waals surface area contributed by atoms with Gasteiger partial charge in [-0.25, -0.2) is 24.3 Å². The van der Waals surface area contributed by atoms with E-state index in [2.05, 4.69) is 11.1 Å². The number of hydrogen-bond acceptors (Lipinski definition) is 5. The van der Waals surface area contributed by atoms with Gasteiger partial charge >= 0.3 is 5.56 Å². The van der Waals surface area contributed by atoms with Crippen molar-refractivity contribution in [3.63, 3.8) is 0 Å². The van der Waals surface area contributed by atoms with E-state index in [1.807, 2.05) is 48.5 Å². The fraction of sp³-hybridized carbons (Fsp3) is 0.250. The van der Waals surface area contributed by atoms with E-state index in [0.717, 1.165) is 41.6 Å². The molecule has 2 aromatic carbocycles. The standard InChI is InChI=1S/C28H26N6O2/c1-36-21-11-7-10-20(16-21)17-30-34-26-24(25-27(34)32-23-13-6-5-12-22(23)31-25)28(35)33(18-29-26)15-14-19-8-3-2-4-9-19/h5-8,10-13,16-18H,2-4,9,14-15H2,1H3/p+1. The lowest BCUT2D eigenvalue weighted by molar-refractivity contribution is -0.357. The molecule has 0 radical (unpaired) electrons. The van der Waals surface area contributed by atoms with E-state index in [-0.39, 0.29) is 5.56 Å². The number of hydrogen-bond donors (Lipinski definition) is 0. The number of ether oxygens (including phenoxy) is 1. The summed E-state index contributed by atoms with van der Waals surface area (Å²) in [6, 6.07) is 15.3. The number of aromatic nitrogens is 5. The van der Waals surface area contributed by atoms with Gasteiger partial charge in [0, 0.05) is 0 Å². The molecule has 0 bridgehead atoms. The lowest BCUT2D eigenvalue weighted by Gasteiger charge is -2.11. The van der Waals surface area contributed by atoms with E-state index in [1.54, 1.807) is 28.9 Å². The second-order valence-corrected chi connectivity index (χ2v) is 9.07. The number of allylic oxidation sites excluding steroid dienone is 2. The highest BCUT2D eigenvalue weighted by Crippen LogP contribution is 2.24. The topological polar surface area (TPSA) is 88.4 Å². The smallest absolute Gasteiger partial charge is 0.322 e. The molecule has 0 unspecified atom stereocenters. The summed E-state index contributed by atoms with van der Waals surface area (Å²) in [6.45, 7) is 0.623. The molecule has 1 N–H and O–H groups in total. The first-order valence-electron chi connectivity index (χ1n) is 12.3. The second-order valence-electron chi connectivity index (χ2n) is 9.07. The van der Waals surface area contributed by atoms with Crippen LogP contribution in [-0.2, 0) is 6.54 Å². The van der Waals surface area contributed by atoms with Crippen LogP contribution in [0.5, 0.6) is 5.75 Å². The Balaban J connectivity index is 1.51. The third kappa shape index (κ3) is 4.04. The quantitative estimate of drug-likeness (QED) is 0.265. The summed E-state index contributed by atoms with van der Waals surface area (Å²) in [4.78, 5) is 26.7. The largest absolute Gasteiger partial charge is 0.497 e. The Kier molecular flexibility index (Phi) is 5.77. The minimum absolute atomic E-state index is 0.0925. The zero-order valence-corrected chi connectivity index (χ0v) is 20.1. The van der Waals surface area contributed by atoms with Crippen LogP contribution in [0, 0.1) is 0 Å². The molecule has 0 fully saturated rings. The summed E-state index contributed by atoms with van der Waals surface area (Å²) in [5, 5.41) is 5.20. The number of nitrogens with zero attached hydrogens (tertiary/aromatic N) is 5. The summed E-state index contributed by atoms with van der Waals surface area (Å²) < 4.78 is 8.74. The van der Waals surface area contributed by atoms with Gasteiger partial charge < -0.3 is 4.74 Å². The van der Waals surface area contributed by atoms with Crippen molar-refractivity contribution in [3.05, 3.63) is 82.4 Å². The molecule has 3 heterocycles. The minimum atomic E-state index is -0.0925. The van der Waals surface area contributed by atoms with E-state index >= 15 is 0 Å². The summed E-state index contributed by atoms with van der Waals surface area (Å²) >= 11 is 0. The second kappa shape index (κ2) is 9.37. The van der Waals surface area contributed by atoms with Crippen molar-refractivity contribution >= 4 is 39.4 Å². The van der Waals surface area contributed by atoms with Gasteiger partial charge in [0.15, 0.2) is 11.7 Å². The number of rotatable bonds is 6. The van der Waals surface area contributed by atoms with Gasteiger partial charge in [0.05, 0.1) is 30.9 Å². The summed E-state index contributed by atoms with van der Waals surface area (Å²) in [6.07, 6.45) is 11.4. The third-order valence-electron chi connectivity index (χ3n) is 6.74. The van der Waals surface area contributed by atoms with Gasteiger partial charge in [-0.1, -0.05) is 35.9 Å². The highest BCUT2D eigenvalue weighted by molar-refractivity contribution is 6.03. The van der Waals surface area contributed by atoms with Gasteiger partial charge in [0.1, 0.15) is 11.3 Å². The molecule has 0 saturated carbocycles. The molecule has 8 heteroatoms. The Morgan fingerprint density at radius 3 is 2.78 bits per heavy atom. The SMILES string of the molecule is COc1cccc(C=Nn2c3nc4ccccc4nc3c3c(=O)n(CCC4=CCCCC4)c[nH+]c32)c1. The molecule has 0 saturated heterocycles. The van der Waals surface area contributed by atoms with E-state index in [9.17, 15) is 4.79 Å². The molecule has 3 aromatic heterocycles. The number of benzene rings is 2. The fourth-order valence-corrected chi connectivity index (χ4v) is 4.83. The highest BCUT2D eigenvalue weighted by atomic mass is 16.5. The molecular formula is C28H27N6O2+. The van der Waals surface area contributed by atoms with Crippen LogP contribution in [0.2, 0.25) is 0 Å². The predicted octanol–water partition coefficient (Wildman–Crippen LogP) is 4.49. The molecule has 0 spiro atoms. The Bertz CT molecular complexity index is 1710. The Hall–Kier alpha value is -4.33. The lowest BCUT2D eigenvalue weighted by Crippen LogP contribution is -2.27. The van der Waals surface area contributed by atoms with Gasteiger partial charge in [-0.05, 0) is 61.9 Å². The van der Waals surface area contributed by atoms with E-state index in [0.29, 0.717) is 28.7 Å². The molecular weight excluding hydrogens is 452 g/mol. The van der Waals surface area contributed by atoms with Crippen LogP contribution in [-0.4, -0.2) is 32.5 Å². The maximum atomic E-state index is 13.7. The molecule has 5 aromatic rings. The van der Waals surface area contributed by atoms with E-state index in [1.165, 1.54) is 18.4 Å². The van der Waals surface area contributed by atoms with E-state index in [4.69, 9.17) is 19.8 Å². The third-order valence-corrected chi connectivity index (χ3v) is 6.74. The molecule has 36 heavy (non-hydrogen) atoms. The van der Waals surface area contributed by atoms with Crippen molar-refractivity contribution in [2.75, 3.05) is 7.11 Å². The van der Waals surface area contributed by atoms with Gasteiger partial charge in [-0.15, -0.1) is 9.78 Å². The van der Waals surface area contributed by atoms with E-state index < -0.39 is 0 Å². The van der Waals surface area contributed by atoms with Crippen molar-refractivity contribution in [3.8, 4) is 5.75 Å². The zero-order chi connectivity index (χ0) is 24.5. The first-order chi connectivity index (χ1) is 17.7. The minimum Gasteiger partial charge on any atom is -0.497 e. The molecule has 6 rings (SSSR count). The molecule has 0 aliphatic heterocycles. The molecule has 8 nitrogen and oxygen atoms in total. The average Bonchev–Trinajstić information content (AvgIpc) is 3.23. The van der Waals surface area contributed by atoms with Gasteiger partial charge in [0.25, 0.3) is 5.65 Å². The van der Waals surface area contributed by atoms with Crippen molar-refractivity contribution < 1.29 is 9.72 Å². The normalized spacial score (nSPS) is 14.2. The number of aromatic amines is 1. The van der Waals surface area contributed by atoms with Crippen molar-refractivity contribution in [2.45, 2.75) is 38.6 Å². The van der Waals surface area contributed by atoms with Crippen molar-refractivity contribution in [2.24, 2.45) is 5.10 Å². The molecule has 1 aliphatic carbocycles. The maximum absolute atomic E-state index is 13.7. The van der Waals surface area contributed by atoms with Crippen LogP contribution < -0.4 is 15.3 Å². The first kappa shape index (κ1) is 22.2. The monoisotopic (exact) mass is 479 g/mol. The molecule has 1 aliphatic rings. The number of fused-ring (bicyclic) bond motifs is 4. The summed E-state index contributed by atoms with van der Waals surface area (Å²) in [5.41, 5.74) is 5.33. The molecule has 180 valence electrons. The van der Waals surface area contributed by atoms with Crippen LogP contribution in [0.15, 0.2) is 76.4 Å². The van der Waals surface area contributed by atoms with Crippen LogP contribution in [0.4, 0.5) is 0 Å². The van der Waals surface area contributed by atoms with Crippen molar-refractivity contribution in [1.82, 2.24) is 19.2 Å².